The number of hydrogen-bond donors (Lipinski definition) is 1. The Morgan fingerprint density at radius 1 is 0.886 bits per heavy atom. The van der Waals surface area contributed by atoms with Crippen LogP contribution in [0.5, 0.6) is 0 Å². The number of rotatable bonds is 7. The molecule has 7 nitrogen and oxygen atoms in total. The van der Waals surface area contributed by atoms with Gasteiger partial charge >= 0.3 is 0 Å². The molecule has 1 N–H and O–H groups in total. The number of aromatic nitrogens is 2. The number of benzene rings is 3. The van der Waals surface area contributed by atoms with E-state index in [1.54, 1.807) is 18.2 Å². The molecule has 180 valence electrons. The van der Waals surface area contributed by atoms with E-state index in [1.807, 2.05) is 48.8 Å². The van der Waals surface area contributed by atoms with Crippen molar-refractivity contribution in [1.29, 1.82) is 0 Å². The normalized spacial score (nSPS) is 14.7. The van der Waals surface area contributed by atoms with Crippen LogP contribution < -0.4 is 5.32 Å². The van der Waals surface area contributed by atoms with E-state index in [0.717, 1.165) is 41.4 Å². The van der Waals surface area contributed by atoms with Crippen molar-refractivity contribution in [3.05, 3.63) is 95.8 Å². The molecule has 1 fully saturated rings. The minimum atomic E-state index is -3.58. The Kier molecular flexibility index (Phi) is 6.66. The fraction of sp³-hybridized carbons (Fsp3) is 0.259. The van der Waals surface area contributed by atoms with E-state index < -0.39 is 10.0 Å². The van der Waals surface area contributed by atoms with Crippen molar-refractivity contribution in [2.24, 2.45) is 0 Å². The van der Waals surface area contributed by atoms with Crippen molar-refractivity contribution >= 4 is 27.0 Å². The number of carbonyl (C=O) groups is 1. The molecule has 0 bridgehead atoms. The van der Waals surface area contributed by atoms with Gasteiger partial charge in [-0.05, 0) is 54.3 Å². The zero-order valence-corrected chi connectivity index (χ0v) is 20.2. The number of nitrogens with one attached hydrogen (secondary N) is 1. The standard InChI is InChI=1S/C27H28N4O3S/c32-27(23-7-6-8-24(17-23)35(33,34)31-15-4-1-5-16-31)28-18-21-11-13-22(14-12-21)19-30-20-29-25-9-2-3-10-26(25)30/h2-3,6-14,17,20H,1,4-5,15-16,18-19H2,(H,28,32). The number of sulfonamides is 1. The third kappa shape index (κ3) is 5.13. The molecule has 1 aliphatic rings. The summed E-state index contributed by atoms with van der Waals surface area (Å²) < 4.78 is 29.5. The number of piperidine rings is 1. The van der Waals surface area contributed by atoms with Gasteiger partial charge in [0.1, 0.15) is 0 Å². The maximum Gasteiger partial charge on any atom is 0.251 e. The van der Waals surface area contributed by atoms with Crippen molar-refractivity contribution in [2.45, 2.75) is 37.2 Å². The lowest BCUT2D eigenvalue weighted by Gasteiger charge is -2.26. The fourth-order valence-corrected chi connectivity index (χ4v) is 6.00. The number of hydrogen-bond acceptors (Lipinski definition) is 4. The molecule has 3 aromatic carbocycles. The topological polar surface area (TPSA) is 84.3 Å². The average Bonchev–Trinajstić information content (AvgIpc) is 3.31. The smallest absolute Gasteiger partial charge is 0.251 e. The summed E-state index contributed by atoms with van der Waals surface area (Å²) in [6, 6.07) is 22.4. The monoisotopic (exact) mass is 488 g/mol. The number of imidazole rings is 1. The Balaban J connectivity index is 1.21. The first-order valence-electron chi connectivity index (χ1n) is 11.9. The molecule has 0 saturated carbocycles. The second-order valence-corrected chi connectivity index (χ2v) is 10.8. The van der Waals surface area contributed by atoms with Crippen LogP contribution in [0, 0.1) is 0 Å². The summed E-state index contributed by atoms with van der Waals surface area (Å²) in [5, 5.41) is 2.90. The van der Waals surface area contributed by atoms with Crippen LogP contribution in [0.25, 0.3) is 11.0 Å². The first-order valence-corrected chi connectivity index (χ1v) is 13.3. The number of amides is 1. The zero-order valence-electron chi connectivity index (χ0n) is 19.4. The van der Waals surface area contributed by atoms with Gasteiger partial charge in [0.25, 0.3) is 5.91 Å². The van der Waals surface area contributed by atoms with E-state index in [-0.39, 0.29) is 10.8 Å². The Morgan fingerprint density at radius 2 is 1.63 bits per heavy atom. The molecule has 4 aromatic rings. The highest BCUT2D eigenvalue weighted by molar-refractivity contribution is 7.89. The van der Waals surface area contributed by atoms with Gasteiger partial charge in [-0.1, -0.05) is 48.9 Å². The van der Waals surface area contributed by atoms with Gasteiger partial charge in [-0.25, -0.2) is 13.4 Å². The fourth-order valence-electron chi connectivity index (χ4n) is 4.43. The third-order valence-corrected chi connectivity index (χ3v) is 8.30. The van der Waals surface area contributed by atoms with Crippen LogP contribution in [-0.4, -0.2) is 41.3 Å². The minimum absolute atomic E-state index is 0.170. The lowest BCUT2D eigenvalue weighted by molar-refractivity contribution is 0.0950. The molecule has 1 aromatic heterocycles. The Labute approximate surface area is 205 Å². The first-order chi connectivity index (χ1) is 17.0. The number of nitrogens with zero attached hydrogens (tertiary/aromatic N) is 3. The van der Waals surface area contributed by atoms with E-state index in [1.165, 1.54) is 10.4 Å². The molecule has 1 aliphatic heterocycles. The predicted octanol–water partition coefficient (Wildman–Crippen LogP) is 4.19. The number of carbonyl (C=O) groups excluding carboxylic acids is 1. The number of fused-ring (bicyclic) bond motifs is 1. The van der Waals surface area contributed by atoms with E-state index in [9.17, 15) is 13.2 Å². The van der Waals surface area contributed by atoms with E-state index in [0.29, 0.717) is 31.7 Å². The van der Waals surface area contributed by atoms with Crippen LogP contribution in [0.1, 0.15) is 40.7 Å². The molecular weight excluding hydrogens is 460 g/mol. The van der Waals surface area contributed by atoms with Gasteiger partial charge in [0.2, 0.25) is 10.0 Å². The quantitative estimate of drug-likeness (QED) is 0.423. The molecule has 0 atom stereocenters. The Hall–Kier alpha value is -3.49. The molecule has 0 spiro atoms. The minimum Gasteiger partial charge on any atom is -0.348 e. The highest BCUT2D eigenvalue weighted by atomic mass is 32.2. The SMILES string of the molecule is O=C(NCc1ccc(Cn2cnc3ccccc32)cc1)c1cccc(S(=O)(=O)N2CCCCC2)c1. The zero-order chi connectivity index (χ0) is 24.3. The van der Waals surface area contributed by atoms with Crippen LogP contribution >= 0.6 is 0 Å². The van der Waals surface area contributed by atoms with Gasteiger partial charge in [0, 0.05) is 31.7 Å². The molecular formula is C27H28N4O3S. The van der Waals surface area contributed by atoms with Crippen LogP contribution in [0.2, 0.25) is 0 Å². The van der Waals surface area contributed by atoms with Crippen LogP contribution in [0.4, 0.5) is 0 Å². The summed E-state index contributed by atoms with van der Waals surface area (Å²) in [7, 11) is -3.58. The van der Waals surface area contributed by atoms with Gasteiger partial charge in [-0.2, -0.15) is 4.31 Å². The van der Waals surface area contributed by atoms with E-state index in [2.05, 4.69) is 20.9 Å². The van der Waals surface area contributed by atoms with Crippen molar-refractivity contribution in [2.75, 3.05) is 13.1 Å². The lowest BCUT2D eigenvalue weighted by Crippen LogP contribution is -2.35. The second-order valence-electron chi connectivity index (χ2n) is 8.85. The summed E-state index contributed by atoms with van der Waals surface area (Å²) in [5.41, 5.74) is 4.51. The summed E-state index contributed by atoms with van der Waals surface area (Å²) >= 11 is 0. The third-order valence-electron chi connectivity index (χ3n) is 6.41. The summed E-state index contributed by atoms with van der Waals surface area (Å²) in [6.07, 6.45) is 4.64. The average molecular weight is 489 g/mol. The Morgan fingerprint density at radius 3 is 2.43 bits per heavy atom. The molecule has 0 unspecified atom stereocenters. The van der Waals surface area contributed by atoms with E-state index >= 15 is 0 Å². The summed E-state index contributed by atoms with van der Waals surface area (Å²) in [6.45, 7) is 2.14. The second kappa shape index (κ2) is 10.0. The highest BCUT2D eigenvalue weighted by Gasteiger charge is 2.26. The van der Waals surface area contributed by atoms with E-state index in [4.69, 9.17) is 0 Å². The molecule has 5 rings (SSSR count). The highest BCUT2D eigenvalue weighted by Crippen LogP contribution is 2.21. The summed E-state index contributed by atoms with van der Waals surface area (Å²) in [5.74, 6) is -0.297. The maximum atomic E-state index is 12.9. The van der Waals surface area contributed by atoms with Gasteiger partial charge < -0.3 is 9.88 Å². The number of para-hydroxylation sites is 2. The Bertz CT molecular complexity index is 1440. The lowest BCUT2D eigenvalue weighted by atomic mass is 10.1. The summed E-state index contributed by atoms with van der Waals surface area (Å²) in [4.78, 5) is 17.3. The van der Waals surface area contributed by atoms with Crippen LogP contribution in [0.15, 0.2) is 84.0 Å². The molecule has 2 heterocycles. The van der Waals surface area contributed by atoms with Crippen molar-refractivity contribution in [3.8, 4) is 0 Å². The van der Waals surface area contributed by atoms with Crippen molar-refractivity contribution in [3.63, 3.8) is 0 Å². The van der Waals surface area contributed by atoms with Gasteiger partial charge in [-0.3, -0.25) is 4.79 Å². The molecule has 35 heavy (non-hydrogen) atoms. The van der Waals surface area contributed by atoms with Crippen LogP contribution in [0.3, 0.4) is 0 Å². The van der Waals surface area contributed by atoms with Crippen molar-refractivity contribution < 1.29 is 13.2 Å². The molecule has 8 heteroatoms. The van der Waals surface area contributed by atoms with Gasteiger partial charge in [0.05, 0.1) is 22.3 Å². The predicted molar refractivity (Wildman–Crippen MR) is 135 cm³/mol. The van der Waals surface area contributed by atoms with Gasteiger partial charge in [0.15, 0.2) is 0 Å². The molecule has 1 amide bonds. The van der Waals surface area contributed by atoms with Crippen LogP contribution in [-0.2, 0) is 23.1 Å². The largest absolute Gasteiger partial charge is 0.348 e. The van der Waals surface area contributed by atoms with Crippen molar-refractivity contribution in [1.82, 2.24) is 19.2 Å². The van der Waals surface area contributed by atoms with Gasteiger partial charge in [-0.15, -0.1) is 0 Å². The molecule has 1 saturated heterocycles. The molecule has 0 aliphatic carbocycles. The maximum absolute atomic E-state index is 12.9. The first kappa shape index (κ1) is 23.3. The molecule has 0 radical (unpaired) electrons.